The zero-order valence-electron chi connectivity index (χ0n) is 13.5. The van der Waals surface area contributed by atoms with Crippen molar-refractivity contribution >= 4 is 0 Å². The lowest BCUT2D eigenvalue weighted by Crippen LogP contribution is -2.06. The van der Waals surface area contributed by atoms with E-state index in [0.29, 0.717) is 24.9 Å². The molecule has 3 fully saturated rings. The number of ether oxygens (including phenoxy) is 5. The van der Waals surface area contributed by atoms with E-state index in [9.17, 15) is 0 Å². The maximum Gasteiger partial charge on any atom is 0.104 e. The van der Waals surface area contributed by atoms with Crippen LogP contribution in [0.5, 0.6) is 0 Å². The van der Waals surface area contributed by atoms with E-state index in [1.165, 1.54) is 0 Å². The lowest BCUT2D eigenvalue weighted by Gasteiger charge is -1.95. The molecule has 128 valence electrons. The molecule has 3 heterocycles. The van der Waals surface area contributed by atoms with Crippen LogP contribution in [0.4, 0.5) is 0 Å². The molecular weight excluding hydrogens is 296 g/mol. The van der Waals surface area contributed by atoms with Crippen molar-refractivity contribution in [3.63, 3.8) is 0 Å². The Kier molecular flexibility index (Phi) is 8.91. The molecule has 0 aliphatic carbocycles. The fraction of sp³-hybridized carbons (Fsp3) is 0.556. The van der Waals surface area contributed by atoms with E-state index in [0.717, 1.165) is 39.6 Å². The first-order valence-corrected chi connectivity index (χ1v) is 7.99. The second-order valence-corrected chi connectivity index (χ2v) is 5.38. The third-order valence-electron chi connectivity index (χ3n) is 3.02. The van der Waals surface area contributed by atoms with Gasteiger partial charge in [-0.2, -0.15) is 0 Å². The molecule has 1 aromatic carbocycles. The van der Waals surface area contributed by atoms with Crippen LogP contribution in [0.25, 0.3) is 0 Å². The predicted octanol–water partition coefficient (Wildman–Crippen LogP) is 2.07. The molecule has 0 saturated carbocycles. The minimum absolute atomic E-state index is 0.384. The molecule has 0 amide bonds. The Labute approximate surface area is 138 Å². The van der Waals surface area contributed by atoms with Crippen molar-refractivity contribution in [2.24, 2.45) is 0 Å². The number of rotatable bonds is 8. The fourth-order valence-electron chi connectivity index (χ4n) is 1.49. The SMILES string of the molecule is C(OCC1CO1)C1CO1.C=CCOCC1CO1.c1ccccc1. The van der Waals surface area contributed by atoms with Gasteiger partial charge in [-0.05, 0) is 0 Å². The molecule has 5 nitrogen and oxygen atoms in total. The normalized spacial score (nSPS) is 26.0. The van der Waals surface area contributed by atoms with Gasteiger partial charge in [0.1, 0.15) is 18.3 Å². The van der Waals surface area contributed by atoms with Crippen LogP contribution in [-0.4, -0.2) is 64.6 Å². The third kappa shape index (κ3) is 11.9. The van der Waals surface area contributed by atoms with Gasteiger partial charge >= 0.3 is 0 Å². The second kappa shape index (κ2) is 11.3. The van der Waals surface area contributed by atoms with Crippen molar-refractivity contribution in [1.82, 2.24) is 0 Å². The lowest BCUT2D eigenvalue weighted by molar-refractivity contribution is 0.102. The van der Waals surface area contributed by atoms with Crippen LogP contribution in [0.3, 0.4) is 0 Å². The highest BCUT2D eigenvalue weighted by Crippen LogP contribution is 2.12. The topological polar surface area (TPSA) is 56.0 Å². The van der Waals surface area contributed by atoms with E-state index in [2.05, 4.69) is 6.58 Å². The molecule has 0 N–H and O–H groups in total. The molecule has 5 heteroatoms. The molecule has 0 radical (unpaired) electrons. The van der Waals surface area contributed by atoms with Crippen molar-refractivity contribution in [2.45, 2.75) is 18.3 Å². The highest BCUT2D eigenvalue weighted by atomic mass is 16.6. The summed E-state index contributed by atoms with van der Waals surface area (Å²) in [6, 6.07) is 12.0. The summed E-state index contributed by atoms with van der Waals surface area (Å²) < 4.78 is 25.1. The molecule has 3 aliphatic heterocycles. The Morgan fingerprint density at radius 2 is 1.09 bits per heavy atom. The number of epoxide rings is 3. The van der Waals surface area contributed by atoms with Crippen molar-refractivity contribution in [3.8, 4) is 0 Å². The van der Waals surface area contributed by atoms with Gasteiger partial charge in [0.05, 0.1) is 46.2 Å². The van der Waals surface area contributed by atoms with Crippen LogP contribution in [0, 0.1) is 0 Å². The van der Waals surface area contributed by atoms with Crippen molar-refractivity contribution in [2.75, 3.05) is 46.2 Å². The first kappa shape index (κ1) is 18.1. The van der Waals surface area contributed by atoms with Crippen LogP contribution in [0.15, 0.2) is 49.1 Å². The van der Waals surface area contributed by atoms with Gasteiger partial charge in [-0.3, -0.25) is 0 Å². The minimum atomic E-state index is 0.384. The summed E-state index contributed by atoms with van der Waals surface area (Å²) in [5, 5.41) is 0. The Morgan fingerprint density at radius 1 is 0.739 bits per heavy atom. The van der Waals surface area contributed by atoms with Gasteiger partial charge in [0.25, 0.3) is 0 Å². The maximum atomic E-state index is 5.23. The quantitative estimate of drug-likeness (QED) is 0.417. The molecule has 0 bridgehead atoms. The van der Waals surface area contributed by atoms with Gasteiger partial charge in [-0.1, -0.05) is 42.5 Å². The standard InChI is InChI=1S/C6H10O3.C6H10O2.C6H6/c1(5-3-8-5)7-2-6-4-9-6;1-2-3-7-4-6-5-8-6;1-2-4-6-5-3-1/h5-6H,1-4H2;2,6H,1,3-5H2;1-6H. The average molecular weight is 322 g/mol. The van der Waals surface area contributed by atoms with Crippen LogP contribution in [0.2, 0.25) is 0 Å². The summed E-state index contributed by atoms with van der Waals surface area (Å²) in [5.74, 6) is 0. The van der Waals surface area contributed by atoms with E-state index < -0.39 is 0 Å². The third-order valence-corrected chi connectivity index (χ3v) is 3.02. The largest absolute Gasteiger partial charge is 0.376 e. The lowest BCUT2D eigenvalue weighted by atomic mass is 10.4. The summed E-state index contributed by atoms with van der Waals surface area (Å²) >= 11 is 0. The first-order valence-electron chi connectivity index (χ1n) is 7.99. The molecular formula is C18H26O5. The Bertz CT molecular complexity index is 360. The molecule has 0 spiro atoms. The predicted molar refractivity (Wildman–Crippen MR) is 87.5 cm³/mol. The maximum absolute atomic E-state index is 5.23. The molecule has 4 rings (SSSR count). The summed E-state index contributed by atoms with van der Waals surface area (Å²) in [5.41, 5.74) is 0. The number of hydrogen-bond acceptors (Lipinski definition) is 5. The monoisotopic (exact) mass is 322 g/mol. The molecule has 3 aliphatic rings. The van der Waals surface area contributed by atoms with E-state index in [1.54, 1.807) is 6.08 Å². The van der Waals surface area contributed by atoms with Crippen LogP contribution in [0.1, 0.15) is 0 Å². The number of benzene rings is 1. The molecule has 1 aromatic rings. The fourth-order valence-corrected chi connectivity index (χ4v) is 1.49. The van der Waals surface area contributed by atoms with E-state index >= 15 is 0 Å². The van der Waals surface area contributed by atoms with Gasteiger partial charge in [-0.25, -0.2) is 0 Å². The zero-order chi connectivity index (χ0) is 16.2. The van der Waals surface area contributed by atoms with E-state index in [1.807, 2.05) is 36.4 Å². The molecule has 3 atom stereocenters. The van der Waals surface area contributed by atoms with Crippen LogP contribution < -0.4 is 0 Å². The van der Waals surface area contributed by atoms with Gasteiger partial charge in [0.2, 0.25) is 0 Å². The average Bonchev–Trinajstić information content (AvgIpc) is 3.44. The van der Waals surface area contributed by atoms with Gasteiger partial charge in [0.15, 0.2) is 0 Å². The first-order chi connectivity index (χ1) is 11.4. The highest BCUT2D eigenvalue weighted by Gasteiger charge is 2.26. The van der Waals surface area contributed by atoms with Gasteiger partial charge < -0.3 is 23.7 Å². The van der Waals surface area contributed by atoms with Gasteiger partial charge in [0, 0.05) is 0 Å². The van der Waals surface area contributed by atoms with E-state index in [4.69, 9.17) is 23.7 Å². The van der Waals surface area contributed by atoms with Crippen molar-refractivity contribution in [3.05, 3.63) is 49.1 Å². The summed E-state index contributed by atoms with van der Waals surface area (Å²) in [7, 11) is 0. The smallest absolute Gasteiger partial charge is 0.104 e. The summed E-state index contributed by atoms with van der Waals surface area (Å²) in [6.45, 7) is 9.01. The van der Waals surface area contributed by atoms with Crippen molar-refractivity contribution in [1.29, 1.82) is 0 Å². The Hall–Kier alpha value is -1.24. The molecule has 23 heavy (non-hydrogen) atoms. The summed E-state index contributed by atoms with van der Waals surface area (Å²) in [6.07, 6.45) is 2.91. The van der Waals surface area contributed by atoms with E-state index in [-0.39, 0.29) is 0 Å². The summed E-state index contributed by atoms with van der Waals surface area (Å²) in [4.78, 5) is 0. The molecule has 3 unspecified atom stereocenters. The molecule has 3 saturated heterocycles. The van der Waals surface area contributed by atoms with Crippen LogP contribution >= 0.6 is 0 Å². The zero-order valence-corrected chi connectivity index (χ0v) is 13.5. The Morgan fingerprint density at radius 3 is 1.39 bits per heavy atom. The van der Waals surface area contributed by atoms with Gasteiger partial charge in [-0.15, -0.1) is 6.58 Å². The number of hydrogen-bond donors (Lipinski definition) is 0. The second-order valence-electron chi connectivity index (χ2n) is 5.38. The van der Waals surface area contributed by atoms with Crippen LogP contribution in [-0.2, 0) is 23.7 Å². The van der Waals surface area contributed by atoms with Crippen molar-refractivity contribution < 1.29 is 23.7 Å². The minimum Gasteiger partial charge on any atom is -0.376 e. The highest BCUT2D eigenvalue weighted by molar-refractivity contribution is 4.99. The Balaban J connectivity index is 0.000000128. The molecule has 0 aromatic heterocycles.